The Morgan fingerprint density at radius 1 is 1.14 bits per heavy atom. The molecule has 1 aliphatic heterocycles. The van der Waals surface area contributed by atoms with Gasteiger partial charge in [-0.25, -0.2) is 9.48 Å². The Morgan fingerprint density at radius 2 is 1.79 bits per heavy atom. The van der Waals surface area contributed by atoms with Crippen LogP contribution < -0.4 is 5.56 Å². The van der Waals surface area contributed by atoms with Crippen LogP contribution in [0.1, 0.15) is 56.9 Å². The minimum Gasteiger partial charge on any atom is -0.451 e. The van der Waals surface area contributed by atoms with Gasteiger partial charge in [0.05, 0.1) is 5.39 Å². The molecule has 0 bridgehead atoms. The highest BCUT2D eigenvalue weighted by Crippen LogP contribution is 2.22. The molecular weight excluding hydrogens is 358 g/mol. The van der Waals surface area contributed by atoms with Crippen LogP contribution in [0, 0.1) is 0 Å². The lowest BCUT2D eigenvalue weighted by molar-refractivity contribution is -0.140. The normalized spacial score (nSPS) is 19.6. The van der Waals surface area contributed by atoms with Crippen molar-refractivity contribution >= 4 is 22.6 Å². The number of aromatic nitrogens is 2. The van der Waals surface area contributed by atoms with Crippen molar-refractivity contribution in [2.75, 3.05) is 6.61 Å². The monoisotopic (exact) mass is 385 g/mol. The van der Waals surface area contributed by atoms with E-state index < -0.39 is 5.97 Å². The van der Waals surface area contributed by atoms with E-state index in [-0.39, 0.29) is 35.9 Å². The molecule has 1 aliphatic rings. The van der Waals surface area contributed by atoms with Gasteiger partial charge in [-0.05, 0) is 45.6 Å². The highest BCUT2D eigenvalue weighted by atomic mass is 16.5. The third-order valence-electron chi connectivity index (χ3n) is 5.30. The summed E-state index contributed by atoms with van der Waals surface area (Å²) < 4.78 is 6.60. The molecule has 28 heavy (non-hydrogen) atoms. The average molecular weight is 385 g/mol. The molecule has 3 rings (SSSR count). The maximum atomic E-state index is 12.7. The maximum Gasteiger partial charge on any atom is 0.359 e. The van der Waals surface area contributed by atoms with Crippen LogP contribution in [-0.4, -0.2) is 45.2 Å². The lowest BCUT2D eigenvalue weighted by Gasteiger charge is -2.38. The first-order chi connectivity index (χ1) is 13.4. The largest absolute Gasteiger partial charge is 0.451 e. The van der Waals surface area contributed by atoms with Gasteiger partial charge >= 0.3 is 5.97 Å². The van der Waals surface area contributed by atoms with Crippen LogP contribution in [0.4, 0.5) is 0 Å². The van der Waals surface area contributed by atoms with E-state index in [1.54, 1.807) is 29.2 Å². The van der Waals surface area contributed by atoms with Gasteiger partial charge in [0.15, 0.2) is 12.3 Å². The second-order valence-electron chi connectivity index (χ2n) is 7.43. The lowest BCUT2D eigenvalue weighted by Crippen LogP contribution is -2.49. The number of esters is 1. The molecule has 2 unspecified atom stereocenters. The van der Waals surface area contributed by atoms with Crippen LogP contribution in [-0.2, 0) is 16.1 Å². The Bertz CT molecular complexity index is 927. The zero-order chi connectivity index (χ0) is 20.3. The number of carbonyl (C=O) groups is 2. The summed E-state index contributed by atoms with van der Waals surface area (Å²) in [6.45, 7) is 6.05. The second-order valence-corrected chi connectivity index (χ2v) is 7.43. The first-order valence-corrected chi connectivity index (χ1v) is 9.92. The summed E-state index contributed by atoms with van der Waals surface area (Å²) in [5, 5.41) is 5.08. The van der Waals surface area contributed by atoms with Gasteiger partial charge in [0.25, 0.3) is 11.5 Å². The number of fused-ring (bicyclic) bond motifs is 1. The van der Waals surface area contributed by atoms with E-state index in [4.69, 9.17) is 4.74 Å². The molecule has 0 aliphatic carbocycles. The molecular formula is C21H27N3O4. The van der Waals surface area contributed by atoms with E-state index in [1.165, 1.54) is 4.68 Å². The Hall–Kier alpha value is -2.70. The zero-order valence-electron chi connectivity index (χ0n) is 16.7. The molecule has 1 aromatic heterocycles. The summed E-state index contributed by atoms with van der Waals surface area (Å²) in [6.07, 6.45) is 3.72. The van der Waals surface area contributed by atoms with E-state index >= 15 is 0 Å². The molecule has 0 radical (unpaired) electrons. The number of amides is 1. The highest BCUT2D eigenvalue weighted by Gasteiger charge is 2.30. The lowest BCUT2D eigenvalue weighted by atomic mass is 9.97. The zero-order valence-corrected chi connectivity index (χ0v) is 16.7. The number of hydrogen-bond acceptors (Lipinski definition) is 5. The van der Waals surface area contributed by atoms with Crippen molar-refractivity contribution in [1.29, 1.82) is 0 Å². The minimum absolute atomic E-state index is 0.0659. The van der Waals surface area contributed by atoms with Gasteiger partial charge in [-0.2, -0.15) is 5.10 Å². The summed E-state index contributed by atoms with van der Waals surface area (Å²) >= 11 is 0. The molecule has 1 aromatic carbocycles. The molecule has 7 nitrogen and oxygen atoms in total. The first-order valence-electron chi connectivity index (χ1n) is 9.92. The van der Waals surface area contributed by atoms with Crippen LogP contribution in [0.3, 0.4) is 0 Å². The van der Waals surface area contributed by atoms with Gasteiger partial charge in [-0.15, -0.1) is 0 Å². The molecule has 1 fully saturated rings. The number of piperidine rings is 1. The number of carbonyl (C=O) groups excluding carboxylic acids is 2. The molecule has 0 N–H and O–H groups in total. The predicted molar refractivity (Wildman–Crippen MR) is 106 cm³/mol. The molecule has 2 heterocycles. The fourth-order valence-electron chi connectivity index (χ4n) is 3.93. The van der Waals surface area contributed by atoms with Gasteiger partial charge in [-0.1, -0.05) is 25.1 Å². The Balaban J connectivity index is 1.82. The number of benzene rings is 1. The molecule has 150 valence electrons. The van der Waals surface area contributed by atoms with Gasteiger partial charge < -0.3 is 9.64 Å². The number of rotatable bonds is 5. The van der Waals surface area contributed by atoms with E-state index in [0.29, 0.717) is 23.7 Å². The third-order valence-corrected chi connectivity index (χ3v) is 5.30. The molecule has 2 aromatic rings. The van der Waals surface area contributed by atoms with E-state index in [1.807, 2.05) is 20.8 Å². The third kappa shape index (κ3) is 3.93. The molecule has 1 saturated heterocycles. The fraction of sp³-hybridized carbons (Fsp3) is 0.524. The highest BCUT2D eigenvalue weighted by molar-refractivity contribution is 6.02. The summed E-state index contributed by atoms with van der Waals surface area (Å²) in [5.41, 5.74) is -0.169. The number of ether oxygens (including phenoxy) is 1. The van der Waals surface area contributed by atoms with Crippen molar-refractivity contribution in [2.24, 2.45) is 0 Å². The number of hydrogen-bond donors (Lipinski definition) is 0. The topological polar surface area (TPSA) is 81.5 Å². The minimum atomic E-state index is -0.688. The van der Waals surface area contributed by atoms with Crippen LogP contribution in [0.5, 0.6) is 0 Å². The van der Waals surface area contributed by atoms with Gasteiger partial charge in [0.1, 0.15) is 0 Å². The van der Waals surface area contributed by atoms with Crippen molar-refractivity contribution in [3.8, 4) is 0 Å². The number of aryl methyl sites for hydroxylation is 1. The summed E-state index contributed by atoms with van der Waals surface area (Å²) in [7, 11) is 0. The van der Waals surface area contributed by atoms with Crippen LogP contribution in [0.15, 0.2) is 29.1 Å². The number of nitrogens with zero attached hydrogens (tertiary/aromatic N) is 3. The van der Waals surface area contributed by atoms with Crippen molar-refractivity contribution in [3.63, 3.8) is 0 Å². The van der Waals surface area contributed by atoms with Gasteiger partial charge in [0, 0.05) is 24.0 Å². The van der Waals surface area contributed by atoms with E-state index in [2.05, 4.69) is 5.10 Å². The van der Waals surface area contributed by atoms with Gasteiger partial charge in [0.2, 0.25) is 0 Å². The average Bonchev–Trinajstić information content (AvgIpc) is 2.68. The predicted octanol–water partition coefficient (Wildman–Crippen LogP) is 2.75. The van der Waals surface area contributed by atoms with Crippen LogP contribution in [0.25, 0.3) is 10.8 Å². The molecule has 2 atom stereocenters. The van der Waals surface area contributed by atoms with Crippen molar-refractivity contribution in [3.05, 3.63) is 40.3 Å². The van der Waals surface area contributed by atoms with Crippen molar-refractivity contribution in [1.82, 2.24) is 14.7 Å². The molecule has 1 amide bonds. The molecule has 7 heteroatoms. The van der Waals surface area contributed by atoms with Crippen molar-refractivity contribution < 1.29 is 14.3 Å². The number of likely N-dealkylation sites (tertiary alicyclic amines) is 1. The van der Waals surface area contributed by atoms with E-state index in [0.717, 1.165) is 19.3 Å². The second kappa shape index (κ2) is 8.54. The quantitative estimate of drug-likeness (QED) is 0.739. The molecule has 0 saturated carbocycles. The fourth-order valence-corrected chi connectivity index (χ4v) is 3.93. The van der Waals surface area contributed by atoms with Gasteiger partial charge in [-0.3, -0.25) is 9.59 Å². The maximum absolute atomic E-state index is 12.7. The standard InChI is InChI=1S/C21H27N3O4/c1-4-12-23-20(26)17-11-6-5-10-16(17)19(22-23)21(27)28-13-18(25)24-14(2)8-7-9-15(24)3/h5-6,10-11,14-15H,4,7-9,12-13H2,1-3H3. The van der Waals surface area contributed by atoms with E-state index in [9.17, 15) is 14.4 Å². The summed E-state index contributed by atoms with van der Waals surface area (Å²) in [6, 6.07) is 7.11. The Morgan fingerprint density at radius 3 is 2.43 bits per heavy atom. The first kappa shape index (κ1) is 20.0. The van der Waals surface area contributed by atoms with Crippen LogP contribution >= 0.6 is 0 Å². The molecule has 0 spiro atoms. The summed E-state index contributed by atoms with van der Waals surface area (Å²) in [5.74, 6) is -0.883. The van der Waals surface area contributed by atoms with Crippen molar-refractivity contribution in [2.45, 2.75) is 65.1 Å². The van der Waals surface area contributed by atoms with Crippen LogP contribution in [0.2, 0.25) is 0 Å². The SMILES string of the molecule is CCCn1nc(C(=O)OCC(=O)N2C(C)CCCC2C)c2ccccc2c1=O. The Labute approximate surface area is 164 Å². The Kier molecular flexibility index (Phi) is 6.11. The summed E-state index contributed by atoms with van der Waals surface area (Å²) in [4.78, 5) is 39.7. The smallest absolute Gasteiger partial charge is 0.359 e.